The molecule has 0 fully saturated rings. The molecule has 1 aromatic heterocycles. The van der Waals surface area contributed by atoms with Crippen LogP contribution in [0.4, 0.5) is 10.5 Å². The van der Waals surface area contributed by atoms with Crippen LogP contribution >= 0.6 is 0 Å². The minimum Gasteiger partial charge on any atom is -0.486 e. The molecule has 0 bridgehead atoms. The van der Waals surface area contributed by atoms with Crippen molar-refractivity contribution in [3.05, 3.63) is 36.4 Å². The highest BCUT2D eigenvalue weighted by atomic mass is 16.6. The van der Waals surface area contributed by atoms with E-state index in [0.717, 1.165) is 17.7 Å². The molecule has 2 amide bonds. The first-order valence-electron chi connectivity index (χ1n) is 8.09. The van der Waals surface area contributed by atoms with Gasteiger partial charge in [-0.2, -0.15) is 0 Å². The van der Waals surface area contributed by atoms with Gasteiger partial charge >= 0.3 is 6.03 Å². The molecule has 0 aliphatic carbocycles. The third kappa shape index (κ3) is 3.79. The van der Waals surface area contributed by atoms with Gasteiger partial charge in [0, 0.05) is 36.7 Å². The number of anilines is 1. The number of carbonyl (C=O) groups excluding carboxylic acids is 1. The van der Waals surface area contributed by atoms with Gasteiger partial charge in [-0.15, -0.1) is 0 Å². The molecule has 7 heteroatoms. The van der Waals surface area contributed by atoms with Gasteiger partial charge in [-0.25, -0.2) is 9.78 Å². The van der Waals surface area contributed by atoms with Gasteiger partial charge in [0.1, 0.15) is 13.2 Å². The molecule has 7 nitrogen and oxygen atoms in total. The number of ether oxygens (including phenoxy) is 2. The van der Waals surface area contributed by atoms with Gasteiger partial charge in [0.15, 0.2) is 11.5 Å². The van der Waals surface area contributed by atoms with E-state index in [-0.39, 0.29) is 12.1 Å². The average Bonchev–Trinajstić information content (AvgIpc) is 3.08. The van der Waals surface area contributed by atoms with Gasteiger partial charge in [0.05, 0.1) is 6.33 Å². The lowest BCUT2D eigenvalue weighted by atomic mass is 10.1. The van der Waals surface area contributed by atoms with Crippen molar-refractivity contribution in [1.29, 1.82) is 0 Å². The Morgan fingerprint density at radius 1 is 1.33 bits per heavy atom. The minimum atomic E-state index is -0.234. The minimum absolute atomic E-state index is 0.0247. The van der Waals surface area contributed by atoms with E-state index in [1.807, 2.05) is 30.7 Å². The van der Waals surface area contributed by atoms with E-state index in [4.69, 9.17) is 9.47 Å². The number of nitrogens with zero attached hydrogens (tertiary/aromatic N) is 2. The summed E-state index contributed by atoms with van der Waals surface area (Å²) < 4.78 is 13.1. The summed E-state index contributed by atoms with van der Waals surface area (Å²) >= 11 is 0. The van der Waals surface area contributed by atoms with Crippen molar-refractivity contribution < 1.29 is 14.3 Å². The lowest BCUT2D eigenvalue weighted by Gasteiger charge is -2.21. The van der Waals surface area contributed by atoms with Crippen LogP contribution in [0.25, 0.3) is 0 Å². The number of aromatic nitrogens is 2. The molecule has 2 aromatic rings. The molecule has 0 saturated carbocycles. The van der Waals surface area contributed by atoms with Gasteiger partial charge < -0.3 is 24.7 Å². The summed E-state index contributed by atoms with van der Waals surface area (Å²) in [6.45, 7) is 5.72. The Balaban J connectivity index is 1.63. The summed E-state index contributed by atoms with van der Waals surface area (Å²) in [4.78, 5) is 16.3. The van der Waals surface area contributed by atoms with E-state index in [1.54, 1.807) is 18.6 Å². The number of benzene rings is 1. The fourth-order valence-electron chi connectivity index (χ4n) is 2.59. The fraction of sp³-hybridized carbons (Fsp3) is 0.412. The first-order valence-corrected chi connectivity index (χ1v) is 8.09. The number of amides is 2. The highest BCUT2D eigenvalue weighted by molar-refractivity contribution is 5.90. The second-order valence-corrected chi connectivity index (χ2v) is 5.77. The van der Waals surface area contributed by atoms with Gasteiger partial charge in [0.2, 0.25) is 0 Å². The Hall–Kier alpha value is -2.70. The van der Waals surface area contributed by atoms with Crippen molar-refractivity contribution in [3.63, 3.8) is 0 Å². The summed E-state index contributed by atoms with van der Waals surface area (Å²) in [6, 6.07) is 3.48. The fourth-order valence-corrected chi connectivity index (χ4v) is 2.59. The first-order chi connectivity index (χ1) is 11.7. The lowest BCUT2D eigenvalue weighted by Crippen LogP contribution is -2.40. The zero-order chi connectivity index (χ0) is 16.9. The van der Waals surface area contributed by atoms with Crippen LogP contribution in [0.3, 0.4) is 0 Å². The zero-order valence-corrected chi connectivity index (χ0v) is 13.9. The Labute approximate surface area is 141 Å². The van der Waals surface area contributed by atoms with E-state index in [0.29, 0.717) is 31.2 Å². The molecule has 1 aromatic carbocycles. The predicted molar refractivity (Wildman–Crippen MR) is 90.6 cm³/mol. The maximum absolute atomic E-state index is 12.3. The van der Waals surface area contributed by atoms with Crippen LogP contribution < -0.4 is 20.1 Å². The SMILES string of the molecule is CC[C@@H](Cn1ccnc1)NC(=O)Nc1cc2c(cc1C)OCCO2. The average molecular weight is 330 g/mol. The molecule has 3 rings (SSSR count). The van der Waals surface area contributed by atoms with Crippen LogP contribution in [-0.2, 0) is 6.54 Å². The molecule has 128 valence electrons. The molecule has 1 atom stereocenters. The Kier molecular flexibility index (Phi) is 4.88. The number of nitrogens with one attached hydrogen (secondary N) is 2. The van der Waals surface area contributed by atoms with Crippen LogP contribution in [0.15, 0.2) is 30.9 Å². The molecule has 0 saturated heterocycles. The quantitative estimate of drug-likeness (QED) is 0.883. The van der Waals surface area contributed by atoms with E-state index in [1.165, 1.54) is 0 Å². The maximum Gasteiger partial charge on any atom is 0.319 e. The lowest BCUT2D eigenvalue weighted by molar-refractivity contribution is 0.171. The number of hydrogen-bond donors (Lipinski definition) is 2. The number of urea groups is 1. The molecule has 0 spiro atoms. The van der Waals surface area contributed by atoms with Crippen LogP contribution in [0, 0.1) is 6.92 Å². The second-order valence-electron chi connectivity index (χ2n) is 5.77. The van der Waals surface area contributed by atoms with Crippen molar-refractivity contribution in [3.8, 4) is 11.5 Å². The van der Waals surface area contributed by atoms with Gasteiger partial charge in [-0.1, -0.05) is 6.92 Å². The van der Waals surface area contributed by atoms with Crippen LogP contribution in [-0.4, -0.2) is 34.8 Å². The zero-order valence-electron chi connectivity index (χ0n) is 13.9. The van der Waals surface area contributed by atoms with Crippen molar-refractivity contribution >= 4 is 11.7 Å². The standard InChI is InChI=1S/C17H22N4O3/c1-3-13(10-21-5-4-18-11-21)19-17(22)20-14-9-16-15(8-12(14)2)23-6-7-24-16/h4-5,8-9,11,13H,3,6-7,10H2,1-2H3,(H2,19,20,22)/t13-/m0/s1. The van der Waals surface area contributed by atoms with Crippen molar-refractivity contribution in [2.45, 2.75) is 32.9 Å². The molecule has 1 aliphatic heterocycles. The molecule has 2 N–H and O–H groups in total. The highest BCUT2D eigenvalue weighted by Gasteiger charge is 2.16. The highest BCUT2D eigenvalue weighted by Crippen LogP contribution is 2.35. The van der Waals surface area contributed by atoms with Gasteiger partial charge in [-0.05, 0) is 25.0 Å². The van der Waals surface area contributed by atoms with Gasteiger partial charge in [-0.3, -0.25) is 0 Å². The van der Waals surface area contributed by atoms with Gasteiger partial charge in [0.25, 0.3) is 0 Å². The molecule has 1 aliphatic rings. The topological polar surface area (TPSA) is 77.4 Å². The summed E-state index contributed by atoms with van der Waals surface area (Å²) in [5.74, 6) is 1.38. The van der Waals surface area contributed by atoms with Crippen molar-refractivity contribution in [2.75, 3.05) is 18.5 Å². The first kappa shape index (κ1) is 16.2. The third-order valence-corrected chi connectivity index (χ3v) is 3.96. The molecule has 0 unspecified atom stereocenters. The monoisotopic (exact) mass is 330 g/mol. The molecule has 0 radical (unpaired) electrons. The third-order valence-electron chi connectivity index (χ3n) is 3.96. The van der Waals surface area contributed by atoms with E-state index < -0.39 is 0 Å². The molecular weight excluding hydrogens is 308 g/mol. The molecule has 2 heterocycles. The molecule has 24 heavy (non-hydrogen) atoms. The maximum atomic E-state index is 12.3. The number of aryl methyl sites for hydroxylation is 1. The largest absolute Gasteiger partial charge is 0.486 e. The van der Waals surface area contributed by atoms with Crippen molar-refractivity contribution in [2.24, 2.45) is 0 Å². The second kappa shape index (κ2) is 7.25. The van der Waals surface area contributed by atoms with Crippen molar-refractivity contribution in [1.82, 2.24) is 14.9 Å². The number of fused-ring (bicyclic) bond motifs is 1. The molecular formula is C17H22N4O3. The number of carbonyl (C=O) groups is 1. The Morgan fingerprint density at radius 2 is 2.08 bits per heavy atom. The van der Waals surface area contributed by atoms with Crippen LogP contribution in [0.2, 0.25) is 0 Å². The summed E-state index contributed by atoms with van der Waals surface area (Å²) in [7, 11) is 0. The normalized spacial score (nSPS) is 14.1. The Bertz CT molecular complexity index is 700. The van der Waals surface area contributed by atoms with E-state index in [2.05, 4.69) is 15.6 Å². The number of rotatable bonds is 5. The van der Waals surface area contributed by atoms with Crippen LogP contribution in [0.5, 0.6) is 11.5 Å². The summed E-state index contributed by atoms with van der Waals surface area (Å²) in [6.07, 6.45) is 6.18. The summed E-state index contributed by atoms with van der Waals surface area (Å²) in [5, 5.41) is 5.88. The van der Waals surface area contributed by atoms with E-state index >= 15 is 0 Å². The van der Waals surface area contributed by atoms with Crippen LogP contribution in [0.1, 0.15) is 18.9 Å². The smallest absolute Gasteiger partial charge is 0.319 e. The number of imidazole rings is 1. The predicted octanol–water partition coefficient (Wildman–Crippen LogP) is 2.56. The Morgan fingerprint density at radius 3 is 2.75 bits per heavy atom. The summed E-state index contributed by atoms with van der Waals surface area (Å²) in [5.41, 5.74) is 1.64. The van der Waals surface area contributed by atoms with E-state index in [9.17, 15) is 4.79 Å². The number of hydrogen-bond acceptors (Lipinski definition) is 4.